The number of aliphatic hydroxyl groups is 1. The fourth-order valence-corrected chi connectivity index (χ4v) is 2.99. The Balaban J connectivity index is 1.67. The molecule has 6 nitrogen and oxygen atoms in total. The quantitative estimate of drug-likeness (QED) is 0.724. The van der Waals surface area contributed by atoms with Crippen molar-refractivity contribution in [1.82, 2.24) is 5.32 Å². The first kappa shape index (κ1) is 15.7. The summed E-state index contributed by atoms with van der Waals surface area (Å²) in [6.07, 6.45) is 1.64. The van der Waals surface area contributed by atoms with Crippen LogP contribution in [0.5, 0.6) is 0 Å². The number of benzene rings is 1. The number of rotatable bonds is 3. The van der Waals surface area contributed by atoms with E-state index in [4.69, 9.17) is 0 Å². The monoisotopic (exact) mass is 321 g/mol. The maximum absolute atomic E-state index is 14.3. The molecule has 2 fully saturated rings. The van der Waals surface area contributed by atoms with Crippen molar-refractivity contribution in [3.63, 3.8) is 0 Å². The lowest BCUT2D eigenvalue weighted by Gasteiger charge is -2.32. The largest absolute Gasteiger partial charge is 0.393 e. The summed E-state index contributed by atoms with van der Waals surface area (Å²) >= 11 is 0. The predicted molar refractivity (Wildman–Crippen MR) is 83.6 cm³/mol. The molecule has 124 valence electrons. The highest BCUT2D eigenvalue weighted by atomic mass is 19.1. The molecule has 1 aromatic carbocycles. The molecule has 0 saturated carbocycles. The van der Waals surface area contributed by atoms with Crippen LogP contribution in [0.2, 0.25) is 0 Å². The van der Waals surface area contributed by atoms with E-state index in [-0.39, 0.29) is 30.2 Å². The van der Waals surface area contributed by atoms with Gasteiger partial charge in [0.1, 0.15) is 11.9 Å². The second kappa shape index (κ2) is 6.54. The number of aliphatic hydroxyl groups excluding tert-OH is 1. The van der Waals surface area contributed by atoms with Gasteiger partial charge in [-0.15, -0.1) is 0 Å². The Morgan fingerprint density at radius 3 is 2.61 bits per heavy atom. The summed E-state index contributed by atoms with van der Waals surface area (Å²) in [6.45, 7) is 1.25. The highest BCUT2D eigenvalue weighted by molar-refractivity contribution is 6.01. The Labute approximate surface area is 133 Å². The van der Waals surface area contributed by atoms with E-state index in [1.807, 2.05) is 4.90 Å². The van der Waals surface area contributed by atoms with E-state index in [0.717, 1.165) is 0 Å². The fourth-order valence-electron chi connectivity index (χ4n) is 2.99. The topological polar surface area (TPSA) is 81.7 Å². The van der Waals surface area contributed by atoms with Gasteiger partial charge in [-0.25, -0.2) is 4.39 Å². The molecule has 1 unspecified atom stereocenters. The minimum absolute atomic E-state index is 0.276. The van der Waals surface area contributed by atoms with Crippen LogP contribution in [0.1, 0.15) is 25.7 Å². The Hall–Kier alpha value is -2.15. The van der Waals surface area contributed by atoms with E-state index in [0.29, 0.717) is 43.7 Å². The normalized spacial score (nSPS) is 22.9. The molecular formula is C16H20FN3O3. The lowest BCUT2D eigenvalue weighted by molar-refractivity contribution is -0.133. The molecule has 2 aliphatic rings. The molecule has 1 atom stereocenters. The van der Waals surface area contributed by atoms with E-state index in [1.165, 1.54) is 6.07 Å². The first-order valence-electron chi connectivity index (χ1n) is 7.86. The van der Waals surface area contributed by atoms with E-state index >= 15 is 0 Å². The van der Waals surface area contributed by atoms with Gasteiger partial charge in [-0.05, 0) is 37.5 Å². The highest BCUT2D eigenvalue weighted by Crippen LogP contribution is 2.26. The van der Waals surface area contributed by atoms with E-state index in [1.54, 1.807) is 12.1 Å². The zero-order valence-electron chi connectivity index (χ0n) is 12.7. The smallest absolute Gasteiger partial charge is 0.249 e. The number of halogens is 1. The number of nitrogens with zero attached hydrogens (tertiary/aromatic N) is 1. The highest BCUT2D eigenvalue weighted by Gasteiger charge is 2.26. The summed E-state index contributed by atoms with van der Waals surface area (Å²) in [5.74, 6) is -1.02. The molecule has 23 heavy (non-hydrogen) atoms. The zero-order valence-corrected chi connectivity index (χ0v) is 12.7. The molecule has 7 heteroatoms. The summed E-state index contributed by atoms with van der Waals surface area (Å²) < 4.78 is 14.3. The Morgan fingerprint density at radius 1 is 1.22 bits per heavy atom. The molecule has 0 radical (unpaired) electrons. The number of carbonyl (C=O) groups is 2. The van der Waals surface area contributed by atoms with Gasteiger partial charge >= 0.3 is 0 Å². The van der Waals surface area contributed by atoms with E-state index in [9.17, 15) is 19.1 Å². The zero-order chi connectivity index (χ0) is 16.4. The van der Waals surface area contributed by atoms with Gasteiger partial charge < -0.3 is 15.3 Å². The maximum Gasteiger partial charge on any atom is 0.249 e. The second-order valence-electron chi connectivity index (χ2n) is 6.03. The molecule has 2 aliphatic heterocycles. The van der Waals surface area contributed by atoms with Gasteiger partial charge in [-0.1, -0.05) is 0 Å². The Morgan fingerprint density at radius 2 is 1.96 bits per heavy atom. The number of carbonyl (C=O) groups excluding carboxylic acids is 2. The van der Waals surface area contributed by atoms with Crippen LogP contribution >= 0.6 is 0 Å². The number of nitrogens with one attached hydrogen (secondary N) is 2. The molecule has 0 aliphatic carbocycles. The SMILES string of the molecule is O=C1CCC(Nc2ccc(N3CCC(O)CC3)c(F)c2)C(=O)N1. The predicted octanol–water partition coefficient (Wildman–Crippen LogP) is 1.00. The number of piperidine rings is 2. The first-order chi connectivity index (χ1) is 11.0. The third-order valence-electron chi connectivity index (χ3n) is 4.33. The Kier molecular flexibility index (Phi) is 4.47. The second-order valence-corrected chi connectivity index (χ2v) is 6.03. The van der Waals surface area contributed by atoms with Crippen molar-refractivity contribution >= 4 is 23.2 Å². The number of hydrogen-bond acceptors (Lipinski definition) is 5. The maximum atomic E-state index is 14.3. The molecule has 2 amide bonds. The van der Waals surface area contributed by atoms with Crippen LogP contribution in [0.25, 0.3) is 0 Å². The summed E-state index contributed by atoms with van der Waals surface area (Å²) in [7, 11) is 0. The van der Waals surface area contributed by atoms with E-state index in [2.05, 4.69) is 10.6 Å². The van der Waals surface area contributed by atoms with Gasteiger partial charge in [0, 0.05) is 25.2 Å². The molecule has 1 aromatic rings. The molecule has 3 N–H and O–H groups in total. The molecule has 3 rings (SSSR count). The van der Waals surface area contributed by atoms with E-state index < -0.39 is 6.04 Å². The minimum atomic E-state index is -0.525. The molecule has 0 spiro atoms. The fraction of sp³-hybridized carbons (Fsp3) is 0.500. The van der Waals surface area contributed by atoms with Crippen molar-refractivity contribution in [2.45, 2.75) is 37.8 Å². The average molecular weight is 321 g/mol. The van der Waals surface area contributed by atoms with Gasteiger partial charge in [0.2, 0.25) is 11.8 Å². The first-order valence-corrected chi connectivity index (χ1v) is 7.86. The summed E-state index contributed by atoms with van der Waals surface area (Å²) in [6, 6.07) is 4.25. The average Bonchev–Trinajstić information content (AvgIpc) is 2.51. The number of hydrogen-bond donors (Lipinski definition) is 3. The van der Waals surface area contributed by atoms with Gasteiger partial charge in [0.25, 0.3) is 0 Å². The number of amides is 2. The molecular weight excluding hydrogens is 301 g/mol. The van der Waals surface area contributed by atoms with Crippen molar-refractivity contribution < 1.29 is 19.1 Å². The van der Waals surface area contributed by atoms with Crippen molar-refractivity contribution in [1.29, 1.82) is 0 Å². The van der Waals surface area contributed by atoms with Crippen LogP contribution < -0.4 is 15.5 Å². The lowest BCUT2D eigenvalue weighted by atomic mass is 10.1. The van der Waals surface area contributed by atoms with Crippen LogP contribution in [-0.2, 0) is 9.59 Å². The number of imide groups is 1. The van der Waals surface area contributed by atoms with Crippen molar-refractivity contribution in [3.8, 4) is 0 Å². The van der Waals surface area contributed by atoms with Gasteiger partial charge in [-0.3, -0.25) is 14.9 Å². The summed E-state index contributed by atoms with van der Waals surface area (Å²) in [5.41, 5.74) is 1.02. The van der Waals surface area contributed by atoms with Gasteiger partial charge in [-0.2, -0.15) is 0 Å². The van der Waals surface area contributed by atoms with Crippen LogP contribution in [-0.4, -0.2) is 42.2 Å². The molecule has 0 aromatic heterocycles. The van der Waals surface area contributed by atoms with Gasteiger partial charge in [0.15, 0.2) is 0 Å². The minimum Gasteiger partial charge on any atom is -0.393 e. The molecule has 2 saturated heterocycles. The van der Waals surface area contributed by atoms with Crippen molar-refractivity contribution in [3.05, 3.63) is 24.0 Å². The van der Waals surface area contributed by atoms with Gasteiger partial charge in [0.05, 0.1) is 11.8 Å². The van der Waals surface area contributed by atoms with Crippen molar-refractivity contribution in [2.75, 3.05) is 23.3 Å². The third kappa shape index (κ3) is 3.61. The molecule has 2 heterocycles. The van der Waals surface area contributed by atoms with Crippen molar-refractivity contribution in [2.24, 2.45) is 0 Å². The number of anilines is 2. The van der Waals surface area contributed by atoms with Crippen LogP contribution in [0.4, 0.5) is 15.8 Å². The van der Waals surface area contributed by atoms with Crippen LogP contribution in [0.15, 0.2) is 18.2 Å². The van der Waals surface area contributed by atoms with Crippen LogP contribution in [0, 0.1) is 5.82 Å². The standard InChI is InChI=1S/C16H20FN3O3/c17-12-9-10(18-13-2-4-15(22)19-16(13)23)1-3-14(12)20-7-5-11(21)6-8-20/h1,3,9,11,13,18,21H,2,4-8H2,(H,19,22,23). The Bertz CT molecular complexity index is 615. The van der Waals surface area contributed by atoms with Crippen LogP contribution in [0.3, 0.4) is 0 Å². The summed E-state index contributed by atoms with van der Waals surface area (Å²) in [5, 5.41) is 14.8. The lowest BCUT2D eigenvalue weighted by Crippen LogP contribution is -2.47. The summed E-state index contributed by atoms with van der Waals surface area (Å²) in [4.78, 5) is 24.8. The third-order valence-corrected chi connectivity index (χ3v) is 4.33. The molecule has 0 bridgehead atoms.